The largest absolute Gasteiger partial charge is 0.496 e. The van der Waals surface area contributed by atoms with E-state index in [4.69, 9.17) is 9.47 Å². The van der Waals surface area contributed by atoms with Crippen molar-refractivity contribution < 1.29 is 23.9 Å². The summed E-state index contributed by atoms with van der Waals surface area (Å²) in [4.78, 5) is 36.6. The number of methoxy groups -OCH3 is 1. The summed E-state index contributed by atoms with van der Waals surface area (Å²) in [6.07, 6.45) is -0.948. The standard InChI is InChI=1S/C22H25NO5/c1-13(2)21(25)23-18-10-8-16(9-11-18)20(24)15(4)28-22(26)17-7-6-14(3)19(12-17)27-5/h6-13,15H,1-5H3,(H,23,25)/t15-/m0/s1. The van der Waals surface area contributed by atoms with Gasteiger partial charge in [0.25, 0.3) is 0 Å². The Balaban J connectivity index is 2.04. The molecule has 0 unspecified atom stereocenters. The zero-order valence-corrected chi connectivity index (χ0v) is 16.7. The molecule has 148 valence electrons. The van der Waals surface area contributed by atoms with E-state index in [0.29, 0.717) is 22.6 Å². The van der Waals surface area contributed by atoms with Crippen molar-refractivity contribution in [2.45, 2.75) is 33.8 Å². The molecule has 2 aromatic carbocycles. The molecule has 0 saturated heterocycles. The van der Waals surface area contributed by atoms with Gasteiger partial charge < -0.3 is 14.8 Å². The van der Waals surface area contributed by atoms with Crippen molar-refractivity contribution >= 4 is 23.3 Å². The molecule has 0 saturated carbocycles. The fraction of sp³-hybridized carbons (Fsp3) is 0.318. The van der Waals surface area contributed by atoms with Crippen LogP contribution >= 0.6 is 0 Å². The molecule has 0 aromatic heterocycles. The van der Waals surface area contributed by atoms with Gasteiger partial charge >= 0.3 is 5.97 Å². The molecular weight excluding hydrogens is 358 g/mol. The molecule has 2 rings (SSSR count). The predicted octanol–water partition coefficient (Wildman–Crippen LogP) is 4.03. The number of esters is 1. The molecule has 28 heavy (non-hydrogen) atoms. The van der Waals surface area contributed by atoms with Crippen molar-refractivity contribution in [2.75, 3.05) is 12.4 Å². The first-order chi connectivity index (χ1) is 13.2. The average molecular weight is 383 g/mol. The second-order valence-corrected chi connectivity index (χ2v) is 6.82. The maximum absolute atomic E-state index is 12.5. The number of nitrogens with one attached hydrogen (secondary N) is 1. The fourth-order valence-electron chi connectivity index (χ4n) is 2.47. The van der Waals surface area contributed by atoms with Gasteiger partial charge in [0.1, 0.15) is 5.75 Å². The lowest BCUT2D eigenvalue weighted by Gasteiger charge is -2.14. The van der Waals surface area contributed by atoms with Crippen LogP contribution in [0.5, 0.6) is 5.75 Å². The first kappa shape index (κ1) is 21.2. The van der Waals surface area contributed by atoms with Crippen molar-refractivity contribution in [3.63, 3.8) is 0 Å². The van der Waals surface area contributed by atoms with Gasteiger partial charge in [-0.15, -0.1) is 0 Å². The van der Waals surface area contributed by atoms with Crippen LogP contribution in [0.2, 0.25) is 0 Å². The molecule has 0 aliphatic heterocycles. The van der Waals surface area contributed by atoms with Gasteiger partial charge in [0.05, 0.1) is 12.7 Å². The molecule has 6 nitrogen and oxygen atoms in total. The minimum absolute atomic E-state index is 0.102. The SMILES string of the molecule is COc1cc(C(=O)O[C@@H](C)C(=O)c2ccc(NC(=O)C(C)C)cc2)ccc1C. The van der Waals surface area contributed by atoms with E-state index in [1.54, 1.807) is 56.3 Å². The van der Waals surface area contributed by atoms with Crippen molar-refractivity contribution in [1.29, 1.82) is 0 Å². The van der Waals surface area contributed by atoms with Crippen LogP contribution in [0.15, 0.2) is 42.5 Å². The van der Waals surface area contributed by atoms with Crippen LogP contribution in [-0.2, 0) is 9.53 Å². The predicted molar refractivity (Wildman–Crippen MR) is 107 cm³/mol. The number of carbonyl (C=O) groups is 3. The Labute approximate surface area is 164 Å². The Bertz CT molecular complexity index is 871. The van der Waals surface area contributed by atoms with E-state index in [1.165, 1.54) is 14.0 Å². The second-order valence-electron chi connectivity index (χ2n) is 6.82. The summed E-state index contributed by atoms with van der Waals surface area (Å²) >= 11 is 0. The lowest BCUT2D eigenvalue weighted by molar-refractivity contribution is -0.118. The Morgan fingerprint density at radius 3 is 2.11 bits per heavy atom. The van der Waals surface area contributed by atoms with Crippen LogP contribution in [0.3, 0.4) is 0 Å². The number of benzene rings is 2. The van der Waals surface area contributed by atoms with Gasteiger partial charge in [0, 0.05) is 17.2 Å². The van der Waals surface area contributed by atoms with Crippen LogP contribution in [0, 0.1) is 12.8 Å². The third-order valence-corrected chi connectivity index (χ3v) is 4.26. The monoisotopic (exact) mass is 383 g/mol. The summed E-state index contributed by atoms with van der Waals surface area (Å²) in [6.45, 7) is 6.99. The van der Waals surface area contributed by atoms with Crippen LogP contribution in [0.1, 0.15) is 47.1 Å². The number of anilines is 1. The van der Waals surface area contributed by atoms with Crippen LogP contribution in [-0.4, -0.2) is 30.9 Å². The van der Waals surface area contributed by atoms with Crippen LogP contribution in [0.4, 0.5) is 5.69 Å². The summed E-state index contributed by atoms with van der Waals surface area (Å²) in [7, 11) is 1.52. The highest BCUT2D eigenvalue weighted by Gasteiger charge is 2.21. The number of Topliss-reactive ketones (excluding diaryl/α,β-unsaturated/α-hetero) is 1. The fourth-order valence-corrected chi connectivity index (χ4v) is 2.47. The minimum Gasteiger partial charge on any atom is -0.496 e. The Morgan fingerprint density at radius 2 is 1.54 bits per heavy atom. The van der Waals surface area contributed by atoms with E-state index in [0.717, 1.165) is 5.56 Å². The second kappa shape index (κ2) is 9.17. The summed E-state index contributed by atoms with van der Waals surface area (Å²) < 4.78 is 10.5. The molecule has 1 N–H and O–H groups in total. The van der Waals surface area contributed by atoms with Gasteiger partial charge in [-0.2, -0.15) is 0 Å². The number of ketones is 1. The zero-order chi connectivity index (χ0) is 20.8. The summed E-state index contributed by atoms with van der Waals surface area (Å²) in [5.41, 5.74) is 2.21. The van der Waals surface area contributed by atoms with E-state index >= 15 is 0 Å². The number of aryl methyl sites for hydroxylation is 1. The number of carbonyl (C=O) groups excluding carboxylic acids is 3. The molecule has 0 radical (unpaired) electrons. The van der Waals surface area contributed by atoms with Gasteiger partial charge in [0.15, 0.2) is 6.10 Å². The third kappa shape index (κ3) is 5.19. The summed E-state index contributed by atoms with van der Waals surface area (Å²) in [5, 5.41) is 2.76. The minimum atomic E-state index is -0.948. The maximum Gasteiger partial charge on any atom is 0.338 e. The van der Waals surface area contributed by atoms with E-state index in [-0.39, 0.29) is 17.6 Å². The molecule has 0 spiro atoms. The molecule has 1 atom stereocenters. The molecule has 2 aromatic rings. The van der Waals surface area contributed by atoms with E-state index in [2.05, 4.69) is 5.32 Å². The van der Waals surface area contributed by atoms with E-state index in [1.807, 2.05) is 6.92 Å². The smallest absolute Gasteiger partial charge is 0.338 e. The van der Waals surface area contributed by atoms with Crippen LogP contribution < -0.4 is 10.1 Å². The highest BCUT2D eigenvalue weighted by Crippen LogP contribution is 2.20. The Morgan fingerprint density at radius 1 is 0.929 bits per heavy atom. The number of hydrogen-bond donors (Lipinski definition) is 1. The number of ether oxygens (including phenoxy) is 2. The molecule has 0 heterocycles. The molecule has 6 heteroatoms. The third-order valence-electron chi connectivity index (χ3n) is 4.26. The highest BCUT2D eigenvalue weighted by atomic mass is 16.5. The normalized spacial score (nSPS) is 11.6. The average Bonchev–Trinajstić information content (AvgIpc) is 2.68. The topological polar surface area (TPSA) is 81.7 Å². The first-order valence-electron chi connectivity index (χ1n) is 9.03. The molecule has 0 bridgehead atoms. The molecular formula is C22H25NO5. The van der Waals surface area contributed by atoms with E-state index in [9.17, 15) is 14.4 Å². The highest BCUT2D eigenvalue weighted by molar-refractivity contribution is 6.02. The first-order valence-corrected chi connectivity index (χ1v) is 9.03. The van der Waals surface area contributed by atoms with Crippen molar-refractivity contribution in [1.82, 2.24) is 0 Å². The zero-order valence-electron chi connectivity index (χ0n) is 16.7. The van der Waals surface area contributed by atoms with E-state index < -0.39 is 12.1 Å². The lowest BCUT2D eigenvalue weighted by atomic mass is 10.1. The number of amides is 1. The van der Waals surface area contributed by atoms with Crippen molar-refractivity contribution in [3.8, 4) is 5.75 Å². The number of rotatable bonds is 7. The Hall–Kier alpha value is -3.15. The quantitative estimate of drug-likeness (QED) is 0.577. The Kier molecular flexibility index (Phi) is 6.93. The van der Waals surface area contributed by atoms with Gasteiger partial charge in [-0.3, -0.25) is 9.59 Å². The van der Waals surface area contributed by atoms with Gasteiger partial charge in [-0.1, -0.05) is 19.9 Å². The molecule has 0 aliphatic rings. The lowest BCUT2D eigenvalue weighted by Crippen LogP contribution is -2.24. The summed E-state index contributed by atoms with van der Waals surface area (Å²) in [5.74, 6) is -0.586. The van der Waals surface area contributed by atoms with Crippen molar-refractivity contribution in [2.24, 2.45) is 5.92 Å². The van der Waals surface area contributed by atoms with Crippen LogP contribution in [0.25, 0.3) is 0 Å². The summed E-state index contributed by atoms with van der Waals surface area (Å²) in [6, 6.07) is 11.4. The van der Waals surface area contributed by atoms with Gasteiger partial charge in [0.2, 0.25) is 11.7 Å². The molecule has 0 aliphatic carbocycles. The molecule has 0 fully saturated rings. The van der Waals surface area contributed by atoms with Gasteiger partial charge in [-0.05, 0) is 55.8 Å². The maximum atomic E-state index is 12.5. The molecule has 1 amide bonds. The van der Waals surface area contributed by atoms with Crippen molar-refractivity contribution in [3.05, 3.63) is 59.2 Å². The number of hydrogen-bond acceptors (Lipinski definition) is 5. The van der Waals surface area contributed by atoms with Gasteiger partial charge in [-0.25, -0.2) is 4.79 Å².